The SMILES string of the molecule is NC(=O)NCCCC(NC(=O)CNC(=S)NCCOCCOCCC(=O)ON1C(=O)CCC1=O)C(=O)Nc1ccc(NC(=O)O)cc1. The third-order valence-corrected chi connectivity index (χ3v) is 6.28. The molecule has 0 radical (unpaired) electrons. The van der Waals surface area contributed by atoms with Crippen molar-refractivity contribution < 1.29 is 53.0 Å². The van der Waals surface area contributed by atoms with Gasteiger partial charge in [0.05, 0.1) is 39.4 Å². The van der Waals surface area contributed by atoms with E-state index >= 15 is 0 Å². The Morgan fingerprint density at radius 3 is 2.11 bits per heavy atom. The number of carbonyl (C=O) groups is 7. The van der Waals surface area contributed by atoms with Gasteiger partial charge in [-0.15, -0.1) is 5.06 Å². The standard InChI is InChI=1S/C27H38N8O11S/c28-25(41)29-10-1-2-19(24(40)32-17-3-5-18(6-4-17)33-27(42)43)34-20(36)16-31-26(47)30-11-13-45-15-14-44-12-9-23(39)46-35-21(37)7-8-22(35)38/h3-6,19,33H,1-2,7-16H2,(H,32,40)(H,34,36)(H,42,43)(H3,28,29,41)(H2,30,31,47). The molecule has 1 aromatic carbocycles. The Balaban J connectivity index is 1.62. The molecule has 47 heavy (non-hydrogen) atoms. The second-order valence-electron chi connectivity index (χ2n) is 9.68. The van der Waals surface area contributed by atoms with Crippen LogP contribution < -0.4 is 37.6 Å². The Labute approximate surface area is 274 Å². The average Bonchev–Trinajstić information content (AvgIpc) is 3.33. The van der Waals surface area contributed by atoms with Gasteiger partial charge in [-0.1, -0.05) is 0 Å². The van der Waals surface area contributed by atoms with E-state index in [1.165, 1.54) is 24.3 Å². The van der Waals surface area contributed by atoms with E-state index in [0.717, 1.165) is 0 Å². The normalized spacial score (nSPS) is 12.9. The number of hydrogen-bond acceptors (Lipinski definition) is 11. The molecular weight excluding hydrogens is 644 g/mol. The first-order valence-electron chi connectivity index (χ1n) is 14.4. The van der Waals surface area contributed by atoms with Crippen LogP contribution in [0.5, 0.6) is 0 Å². The van der Waals surface area contributed by atoms with Crippen LogP contribution in [0.15, 0.2) is 24.3 Å². The lowest BCUT2D eigenvalue weighted by Crippen LogP contribution is -2.49. The van der Waals surface area contributed by atoms with Crippen LogP contribution >= 0.6 is 12.2 Å². The number of carboxylic acid groups (broad SMARTS) is 1. The summed E-state index contributed by atoms with van der Waals surface area (Å²) in [7, 11) is 0. The number of primary amides is 1. The van der Waals surface area contributed by atoms with Crippen LogP contribution in [-0.4, -0.2) is 109 Å². The van der Waals surface area contributed by atoms with Gasteiger partial charge in [-0.3, -0.25) is 24.5 Å². The quantitative estimate of drug-likeness (QED) is 0.0473. The van der Waals surface area contributed by atoms with Crippen molar-refractivity contribution in [2.24, 2.45) is 5.73 Å². The Hall–Kier alpha value is -5.08. The van der Waals surface area contributed by atoms with Crippen molar-refractivity contribution in [2.45, 2.75) is 38.1 Å². The molecule has 1 heterocycles. The van der Waals surface area contributed by atoms with Gasteiger partial charge in [0, 0.05) is 37.3 Å². The number of ether oxygens (including phenoxy) is 2. The minimum atomic E-state index is -1.23. The molecule has 1 unspecified atom stereocenters. The molecule has 1 aromatic rings. The van der Waals surface area contributed by atoms with Crippen molar-refractivity contribution in [3.8, 4) is 0 Å². The highest BCUT2D eigenvalue weighted by atomic mass is 32.1. The molecule has 258 valence electrons. The molecule has 1 fully saturated rings. The number of hydrogen-bond donors (Lipinski definition) is 8. The van der Waals surface area contributed by atoms with Gasteiger partial charge in [0.15, 0.2) is 5.11 Å². The van der Waals surface area contributed by atoms with E-state index in [9.17, 15) is 33.6 Å². The lowest BCUT2D eigenvalue weighted by molar-refractivity contribution is -0.198. The summed E-state index contributed by atoms with van der Waals surface area (Å²) in [6.45, 7) is 0.887. The molecule has 20 heteroatoms. The Kier molecular flexibility index (Phi) is 16.9. The zero-order valence-electron chi connectivity index (χ0n) is 25.3. The Morgan fingerprint density at radius 2 is 1.49 bits per heavy atom. The predicted octanol–water partition coefficient (Wildman–Crippen LogP) is -0.857. The van der Waals surface area contributed by atoms with Crippen LogP contribution in [0.1, 0.15) is 32.1 Å². The number of amides is 7. The minimum Gasteiger partial charge on any atom is -0.465 e. The van der Waals surface area contributed by atoms with E-state index in [4.69, 9.17) is 37.4 Å². The molecule has 9 N–H and O–H groups in total. The zero-order valence-corrected chi connectivity index (χ0v) is 26.2. The summed E-state index contributed by atoms with van der Waals surface area (Å²) in [4.78, 5) is 86.5. The summed E-state index contributed by atoms with van der Waals surface area (Å²) in [6, 6.07) is 4.20. The maximum Gasteiger partial charge on any atom is 0.409 e. The second-order valence-corrected chi connectivity index (χ2v) is 10.1. The van der Waals surface area contributed by atoms with Gasteiger partial charge in [-0.25, -0.2) is 14.4 Å². The van der Waals surface area contributed by atoms with Gasteiger partial charge in [0.2, 0.25) is 11.8 Å². The van der Waals surface area contributed by atoms with Gasteiger partial charge in [0.25, 0.3) is 11.8 Å². The molecule has 0 aromatic heterocycles. The monoisotopic (exact) mass is 682 g/mol. The zero-order chi connectivity index (χ0) is 34.6. The number of anilines is 2. The highest BCUT2D eigenvalue weighted by molar-refractivity contribution is 7.80. The van der Waals surface area contributed by atoms with Crippen LogP contribution in [0.25, 0.3) is 0 Å². The number of hydroxylamine groups is 2. The number of rotatable bonds is 20. The van der Waals surface area contributed by atoms with E-state index in [1.807, 2.05) is 0 Å². The fraction of sp³-hybridized carbons (Fsp3) is 0.481. The second kappa shape index (κ2) is 20.9. The highest BCUT2D eigenvalue weighted by Gasteiger charge is 2.32. The molecule has 1 aliphatic heterocycles. The fourth-order valence-corrected chi connectivity index (χ4v) is 3.94. The summed E-state index contributed by atoms with van der Waals surface area (Å²) in [6.07, 6.45) is -0.848. The minimum absolute atomic E-state index is 0.0128. The summed E-state index contributed by atoms with van der Waals surface area (Å²) in [5.74, 6) is -2.94. The number of imide groups is 1. The van der Waals surface area contributed by atoms with Gasteiger partial charge < -0.3 is 51.7 Å². The average molecular weight is 683 g/mol. The number of thiocarbonyl (C=S) groups is 1. The summed E-state index contributed by atoms with van der Waals surface area (Å²) in [5.41, 5.74) is 5.74. The van der Waals surface area contributed by atoms with Gasteiger partial charge in [0.1, 0.15) is 6.04 Å². The number of benzene rings is 1. The summed E-state index contributed by atoms with van der Waals surface area (Å²) in [5, 5.41) is 24.9. The predicted molar refractivity (Wildman–Crippen MR) is 168 cm³/mol. The molecule has 0 bridgehead atoms. The third kappa shape index (κ3) is 16.2. The lowest BCUT2D eigenvalue weighted by Gasteiger charge is -2.19. The molecule has 0 aliphatic carbocycles. The van der Waals surface area contributed by atoms with Crippen molar-refractivity contribution in [3.63, 3.8) is 0 Å². The maximum atomic E-state index is 12.9. The van der Waals surface area contributed by atoms with Crippen LogP contribution in [-0.2, 0) is 38.3 Å². The molecule has 1 saturated heterocycles. The topological polar surface area (TPSA) is 269 Å². The largest absolute Gasteiger partial charge is 0.465 e. The van der Waals surface area contributed by atoms with Crippen molar-refractivity contribution in [2.75, 3.05) is 56.7 Å². The first-order valence-corrected chi connectivity index (χ1v) is 14.8. The molecule has 0 saturated carbocycles. The molecule has 19 nitrogen and oxygen atoms in total. The van der Waals surface area contributed by atoms with Crippen LogP contribution in [0.3, 0.4) is 0 Å². The van der Waals surface area contributed by atoms with E-state index in [0.29, 0.717) is 29.4 Å². The molecular formula is C27H38N8O11S. The first kappa shape index (κ1) is 38.1. The van der Waals surface area contributed by atoms with Gasteiger partial charge in [-0.2, -0.15) is 0 Å². The van der Waals surface area contributed by atoms with E-state index in [-0.39, 0.29) is 70.3 Å². The van der Waals surface area contributed by atoms with Crippen LogP contribution in [0, 0.1) is 0 Å². The number of nitrogens with one attached hydrogen (secondary N) is 6. The molecule has 2 rings (SSSR count). The Bertz CT molecular complexity index is 1270. The van der Waals surface area contributed by atoms with Crippen molar-refractivity contribution >= 4 is 70.4 Å². The number of urea groups is 1. The van der Waals surface area contributed by atoms with E-state index < -0.39 is 47.8 Å². The third-order valence-electron chi connectivity index (χ3n) is 5.99. The van der Waals surface area contributed by atoms with Crippen molar-refractivity contribution in [1.29, 1.82) is 0 Å². The molecule has 1 aliphatic rings. The number of nitrogens with two attached hydrogens (primary N) is 1. The van der Waals surface area contributed by atoms with Crippen LogP contribution in [0.2, 0.25) is 0 Å². The fourth-order valence-electron chi connectivity index (χ4n) is 3.76. The first-order chi connectivity index (χ1) is 22.4. The van der Waals surface area contributed by atoms with Crippen molar-refractivity contribution in [1.82, 2.24) is 26.3 Å². The Morgan fingerprint density at radius 1 is 0.872 bits per heavy atom. The summed E-state index contributed by atoms with van der Waals surface area (Å²) >= 11 is 5.15. The smallest absolute Gasteiger partial charge is 0.409 e. The van der Waals surface area contributed by atoms with Crippen LogP contribution in [0.4, 0.5) is 21.0 Å². The molecule has 1 atom stereocenters. The van der Waals surface area contributed by atoms with Crippen molar-refractivity contribution in [3.05, 3.63) is 24.3 Å². The van der Waals surface area contributed by atoms with E-state index in [1.54, 1.807) is 0 Å². The lowest BCUT2D eigenvalue weighted by atomic mass is 10.1. The number of nitrogens with zero attached hydrogens (tertiary/aromatic N) is 1. The molecule has 0 spiro atoms. The molecule has 7 amide bonds. The van der Waals surface area contributed by atoms with Gasteiger partial charge >= 0.3 is 18.1 Å². The van der Waals surface area contributed by atoms with Gasteiger partial charge in [-0.05, 0) is 49.3 Å². The highest BCUT2D eigenvalue weighted by Crippen LogP contribution is 2.15. The van der Waals surface area contributed by atoms with E-state index in [2.05, 4.69) is 31.9 Å². The maximum absolute atomic E-state index is 12.9. The number of carbonyl (C=O) groups excluding carboxylic acids is 6. The summed E-state index contributed by atoms with van der Waals surface area (Å²) < 4.78 is 10.7.